The number of rotatable bonds is 2. The highest BCUT2D eigenvalue weighted by molar-refractivity contribution is 7.88. The van der Waals surface area contributed by atoms with Crippen molar-refractivity contribution in [3.05, 3.63) is 29.3 Å². The second kappa shape index (κ2) is 8.91. The van der Waals surface area contributed by atoms with E-state index in [1.165, 1.54) is 12.1 Å². The third-order valence-corrected chi connectivity index (χ3v) is 8.75. The summed E-state index contributed by atoms with van der Waals surface area (Å²) in [4.78, 5) is 12.3. The van der Waals surface area contributed by atoms with Gasteiger partial charge in [0.15, 0.2) is 0 Å². The first-order valence-corrected chi connectivity index (χ1v) is 13.3. The van der Waals surface area contributed by atoms with Crippen LogP contribution in [0.15, 0.2) is 18.2 Å². The van der Waals surface area contributed by atoms with Gasteiger partial charge < -0.3 is 4.18 Å². The molecule has 198 valence electrons. The minimum absolute atomic E-state index is 0.234. The zero-order valence-corrected chi connectivity index (χ0v) is 19.8. The standard InChI is InChI=1S/C19H21F3O4S.CHF3O3S/c1-18-9-8-14-13-5-3-12(26-27(24,25)19(20,21)22)10-11(13)2-4-15(14)16(18)6-7-17(18)23;2-1(3,4)8(5,6)7/h3,5,10,14-16H,2,4,6-9H2,1H3;(H,5,6,7)/t14-,15-,16+,18+;/m1./s1. The predicted octanol–water partition coefficient (Wildman–Crippen LogP) is 4.73. The minimum atomic E-state index is -5.84. The SMILES string of the molecule is C[C@]12CC[C@@H]3c4ccc(OS(=O)(=O)C(F)(F)F)cc4CC[C@H]3[C@@H]1CCC2=O.O=S(=O)(O)C(F)(F)F. The Kier molecular flexibility index (Phi) is 7.05. The van der Waals surface area contributed by atoms with Crippen LogP contribution in [0.5, 0.6) is 5.75 Å². The molecule has 4 atom stereocenters. The molecule has 0 saturated heterocycles. The summed E-state index contributed by atoms with van der Waals surface area (Å²) in [6.07, 6.45) is 4.77. The van der Waals surface area contributed by atoms with Crippen LogP contribution in [-0.4, -0.2) is 38.2 Å². The predicted molar refractivity (Wildman–Crippen MR) is 109 cm³/mol. The molecule has 3 aliphatic rings. The van der Waals surface area contributed by atoms with Crippen molar-refractivity contribution in [3.8, 4) is 5.75 Å². The molecular weight excluding hydrogens is 530 g/mol. The number of alkyl halides is 6. The van der Waals surface area contributed by atoms with Gasteiger partial charge in [-0.2, -0.15) is 43.2 Å². The molecule has 2 saturated carbocycles. The van der Waals surface area contributed by atoms with Gasteiger partial charge in [0.25, 0.3) is 0 Å². The summed E-state index contributed by atoms with van der Waals surface area (Å²) in [6.45, 7) is 2.08. The van der Waals surface area contributed by atoms with Crippen molar-refractivity contribution in [1.82, 2.24) is 0 Å². The van der Waals surface area contributed by atoms with Crippen LogP contribution in [0, 0.1) is 17.3 Å². The molecule has 0 spiro atoms. The lowest BCUT2D eigenvalue weighted by molar-refractivity contribution is -0.129. The fourth-order valence-corrected chi connectivity index (χ4v) is 6.01. The Morgan fingerprint density at radius 1 is 0.971 bits per heavy atom. The third-order valence-electron chi connectivity index (χ3n) is 7.19. The van der Waals surface area contributed by atoms with Crippen LogP contribution in [0.1, 0.15) is 56.1 Å². The van der Waals surface area contributed by atoms with Gasteiger partial charge in [0.05, 0.1) is 0 Å². The van der Waals surface area contributed by atoms with Crippen molar-refractivity contribution in [2.24, 2.45) is 17.3 Å². The zero-order valence-electron chi connectivity index (χ0n) is 18.2. The number of hydrogen-bond donors (Lipinski definition) is 1. The monoisotopic (exact) mass is 552 g/mol. The fourth-order valence-electron chi connectivity index (χ4n) is 5.56. The summed E-state index contributed by atoms with van der Waals surface area (Å²) >= 11 is 0. The van der Waals surface area contributed by atoms with Crippen LogP contribution < -0.4 is 4.18 Å². The molecule has 2 fully saturated rings. The fraction of sp³-hybridized carbons (Fsp3) is 0.650. The normalized spacial score (nSPS) is 28.8. The van der Waals surface area contributed by atoms with Gasteiger partial charge in [-0.05, 0) is 73.1 Å². The van der Waals surface area contributed by atoms with Crippen LogP contribution in [0.3, 0.4) is 0 Å². The van der Waals surface area contributed by atoms with Crippen molar-refractivity contribution in [3.63, 3.8) is 0 Å². The molecular formula is C20H22F6O7S2. The Balaban J connectivity index is 0.000000371. The number of hydrogen-bond acceptors (Lipinski definition) is 6. The minimum Gasteiger partial charge on any atom is -0.376 e. The van der Waals surface area contributed by atoms with Crippen molar-refractivity contribution in [2.75, 3.05) is 0 Å². The highest BCUT2D eigenvalue weighted by atomic mass is 32.2. The second-order valence-electron chi connectivity index (χ2n) is 9.10. The molecule has 4 rings (SSSR count). The van der Waals surface area contributed by atoms with E-state index in [1.54, 1.807) is 6.07 Å². The molecule has 0 radical (unpaired) electrons. The van der Waals surface area contributed by atoms with E-state index in [4.69, 9.17) is 13.0 Å². The van der Waals surface area contributed by atoms with Crippen LogP contribution in [0.25, 0.3) is 0 Å². The van der Waals surface area contributed by atoms with E-state index in [9.17, 15) is 39.6 Å². The Morgan fingerprint density at radius 2 is 1.57 bits per heavy atom. The van der Waals surface area contributed by atoms with Gasteiger partial charge in [-0.25, -0.2) is 0 Å². The van der Waals surface area contributed by atoms with Crippen molar-refractivity contribution >= 4 is 26.0 Å². The van der Waals surface area contributed by atoms with Crippen molar-refractivity contribution < 1.29 is 56.7 Å². The maximum Gasteiger partial charge on any atom is 0.534 e. The van der Waals surface area contributed by atoms with Gasteiger partial charge in [0.2, 0.25) is 0 Å². The molecule has 35 heavy (non-hydrogen) atoms. The van der Waals surface area contributed by atoms with E-state index in [-0.39, 0.29) is 17.1 Å². The van der Waals surface area contributed by atoms with Gasteiger partial charge in [-0.3, -0.25) is 9.35 Å². The maximum atomic E-state index is 12.5. The molecule has 0 aromatic heterocycles. The third kappa shape index (κ3) is 5.31. The van der Waals surface area contributed by atoms with E-state index in [2.05, 4.69) is 11.1 Å². The van der Waals surface area contributed by atoms with Crippen molar-refractivity contribution in [2.45, 2.75) is 62.4 Å². The Labute approximate surface area is 197 Å². The summed E-state index contributed by atoms with van der Waals surface area (Å²) in [7, 11) is -11.5. The number of aryl methyl sites for hydroxylation is 1. The highest BCUT2D eigenvalue weighted by Crippen LogP contribution is 2.59. The molecule has 15 heteroatoms. The molecule has 0 amide bonds. The van der Waals surface area contributed by atoms with Gasteiger partial charge in [0, 0.05) is 11.8 Å². The van der Waals surface area contributed by atoms with Crippen LogP contribution in [0.4, 0.5) is 26.3 Å². The molecule has 0 aliphatic heterocycles. The van der Waals surface area contributed by atoms with Crippen LogP contribution in [0.2, 0.25) is 0 Å². The molecule has 1 aromatic carbocycles. The van der Waals surface area contributed by atoms with E-state index in [1.807, 2.05) is 0 Å². The smallest absolute Gasteiger partial charge is 0.376 e. The maximum absolute atomic E-state index is 12.5. The molecule has 1 N–H and O–H groups in total. The van der Waals surface area contributed by atoms with E-state index in [0.717, 1.165) is 36.8 Å². The summed E-state index contributed by atoms with van der Waals surface area (Å²) in [5, 5.41) is 0. The Hall–Kier alpha value is -1.87. The Bertz CT molecular complexity index is 1210. The lowest BCUT2D eigenvalue weighted by Gasteiger charge is -2.48. The lowest BCUT2D eigenvalue weighted by Crippen LogP contribution is -2.42. The Morgan fingerprint density at radius 3 is 2.11 bits per heavy atom. The number of carbonyl (C=O) groups excluding carboxylic acids is 1. The largest absolute Gasteiger partial charge is 0.534 e. The molecule has 1 aromatic rings. The molecule has 7 nitrogen and oxygen atoms in total. The number of ketones is 1. The first kappa shape index (κ1) is 27.7. The summed E-state index contributed by atoms with van der Waals surface area (Å²) in [6, 6.07) is 4.42. The molecule has 0 bridgehead atoms. The first-order valence-electron chi connectivity index (χ1n) is 10.5. The van der Waals surface area contributed by atoms with Gasteiger partial charge in [-0.1, -0.05) is 13.0 Å². The number of carbonyl (C=O) groups is 1. The average Bonchev–Trinajstić information content (AvgIpc) is 3.00. The summed E-state index contributed by atoms with van der Waals surface area (Å²) in [5.41, 5.74) is -9.31. The van der Waals surface area contributed by atoms with Crippen LogP contribution in [-0.2, 0) is 31.5 Å². The molecule has 0 unspecified atom stereocenters. The topological polar surface area (TPSA) is 115 Å². The quantitative estimate of drug-likeness (QED) is 0.244. The number of benzene rings is 1. The number of halogens is 6. The molecule has 3 aliphatic carbocycles. The van der Waals surface area contributed by atoms with Gasteiger partial charge in [0.1, 0.15) is 11.5 Å². The molecule has 0 heterocycles. The van der Waals surface area contributed by atoms with E-state index < -0.39 is 31.3 Å². The summed E-state index contributed by atoms with van der Waals surface area (Å²) in [5.74, 6) is 1.08. The number of Topliss-reactive ketones (excluding diaryl/α,β-unsaturated/α-hetero) is 1. The van der Waals surface area contributed by atoms with Crippen molar-refractivity contribution in [1.29, 1.82) is 0 Å². The zero-order chi connectivity index (χ0) is 26.6. The number of fused-ring (bicyclic) bond motifs is 5. The lowest BCUT2D eigenvalue weighted by atomic mass is 9.55. The second-order valence-corrected chi connectivity index (χ2v) is 12.0. The highest BCUT2D eigenvalue weighted by Gasteiger charge is 2.54. The van der Waals surface area contributed by atoms with Gasteiger partial charge in [-0.15, -0.1) is 0 Å². The average molecular weight is 553 g/mol. The van der Waals surface area contributed by atoms with Gasteiger partial charge >= 0.3 is 31.3 Å². The van der Waals surface area contributed by atoms with E-state index in [0.29, 0.717) is 30.5 Å². The van der Waals surface area contributed by atoms with E-state index >= 15 is 0 Å². The summed E-state index contributed by atoms with van der Waals surface area (Å²) < 4.78 is 122. The first-order chi connectivity index (χ1) is 15.8. The van der Waals surface area contributed by atoms with Crippen LogP contribution >= 0.6 is 0 Å².